The van der Waals surface area contributed by atoms with Gasteiger partial charge in [-0.05, 0) is 43.8 Å². The van der Waals surface area contributed by atoms with E-state index in [4.69, 9.17) is 0 Å². The summed E-state index contributed by atoms with van der Waals surface area (Å²) in [6.45, 7) is 0. The van der Waals surface area contributed by atoms with E-state index in [2.05, 4.69) is 0 Å². The van der Waals surface area contributed by atoms with Gasteiger partial charge in [-0.2, -0.15) is 0 Å². The van der Waals surface area contributed by atoms with Crippen LogP contribution in [0.4, 0.5) is 0 Å². The fourth-order valence-electron chi connectivity index (χ4n) is 2.00. The second-order valence-corrected chi connectivity index (χ2v) is 3.47. The molecular weight excluding hydrogens is 136 g/mol. The normalized spacial score (nSPS) is 24.5. The first-order valence-corrected chi connectivity index (χ1v) is 4.47. The van der Waals surface area contributed by atoms with Gasteiger partial charge in [0.05, 0.1) is 5.76 Å². The van der Waals surface area contributed by atoms with Crippen LogP contribution in [-0.2, 0) is 0 Å². The summed E-state index contributed by atoms with van der Waals surface area (Å²) in [5, 5.41) is 9.28. The standard InChI is InChI=1S/C10H14O/c11-10-6-5-8-3-1-2-4-9(8)7-10/h7,11H,1-6H2. The van der Waals surface area contributed by atoms with Crippen LogP contribution in [-0.4, -0.2) is 5.11 Å². The van der Waals surface area contributed by atoms with Crippen molar-refractivity contribution in [1.82, 2.24) is 0 Å². The van der Waals surface area contributed by atoms with Crippen molar-refractivity contribution in [2.24, 2.45) is 0 Å². The minimum absolute atomic E-state index is 0.589. The molecule has 1 nitrogen and oxygen atoms in total. The van der Waals surface area contributed by atoms with Gasteiger partial charge >= 0.3 is 0 Å². The van der Waals surface area contributed by atoms with Crippen LogP contribution < -0.4 is 0 Å². The molecule has 1 heteroatoms. The van der Waals surface area contributed by atoms with Gasteiger partial charge in [-0.1, -0.05) is 5.57 Å². The molecule has 0 bridgehead atoms. The molecule has 0 aromatic rings. The lowest BCUT2D eigenvalue weighted by atomic mass is 9.85. The highest BCUT2D eigenvalue weighted by molar-refractivity contribution is 5.32. The van der Waals surface area contributed by atoms with Gasteiger partial charge in [0, 0.05) is 6.42 Å². The molecule has 0 radical (unpaired) electrons. The van der Waals surface area contributed by atoms with Crippen LogP contribution in [0, 0.1) is 0 Å². The maximum Gasteiger partial charge on any atom is 0.0928 e. The summed E-state index contributed by atoms with van der Waals surface area (Å²) in [5.41, 5.74) is 3.04. The highest BCUT2D eigenvalue weighted by Crippen LogP contribution is 2.33. The van der Waals surface area contributed by atoms with Crippen molar-refractivity contribution in [2.75, 3.05) is 0 Å². The van der Waals surface area contributed by atoms with Crippen LogP contribution in [0.2, 0.25) is 0 Å². The van der Waals surface area contributed by atoms with Gasteiger partial charge in [-0.15, -0.1) is 0 Å². The average molecular weight is 150 g/mol. The van der Waals surface area contributed by atoms with Crippen molar-refractivity contribution in [3.8, 4) is 0 Å². The van der Waals surface area contributed by atoms with E-state index in [1.54, 1.807) is 5.57 Å². The number of aliphatic hydroxyl groups is 1. The van der Waals surface area contributed by atoms with E-state index in [1.807, 2.05) is 6.08 Å². The van der Waals surface area contributed by atoms with Gasteiger partial charge in [0.15, 0.2) is 0 Å². The molecule has 2 rings (SSSR count). The van der Waals surface area contributed by atoms with Crippen molar-refractivity contribution in [1.29, 1.82) is 0 Å². The van der Waals surface area contributed by atoms with E-state index >= 15 is 0 Å². The van der Waals surface area contributed by atoms with Crippen LogP contribution in [0.5, 0.6) is 0 Å². The molecule has 0 saturated heterocycles. The molecule has 1 N–H and O–H groups in total. The van der Waals surface area contributed by atoms with E-state index in [-0.39, 0.29) is 0 Å². The molecule has 0 amide bonds. The average Bonchev–Trinajstić information content (AvgIpc) is 2.04. The van der Waals surface area contributed by atoms with Gasteiger partial charge in [0.1, 0.15) is 0 Å². The lowest BCUT2D eigenvalue weighted by Gasteiger charge is -2.21. The predicted molar refractivity (Wildman–Crippen MR) is 45.4 cm³/mol. The first kappa shape index (κ1) is 6.96. The lowest BCUT2D eigenvalue weighted by molar-refractivity contribution is 0.380. The molecule has 11 heavy (non-hydrogen) atoms. The van der Waals surface area contributed by atoms with Crippen molar-refractivity contribution in [2.45, 2.75) is 38.5 Å². The Labute approximate surface area is 67.4 Å². The van der Waals surface area contributed by atoms with E-state index in [0.29, 0.717) is 5.76 Å². The molecule has 0 fully saturated rings. The number of allylic oxidation sites excluding steroid dienone is 4. The van der Waals surface area contributed by atoms with Crippen LogP contribution in [0.25, 0.3) is 0 Å². The minimum Gasteiger partial charge on any atom is -0.512 e. The molecule has 0 heterocycles. The van der Waals surface area contributed by atoms with Gasteiger partial charge in [-0.25, -0.2) is 0 Å². The van der Waals surface area contributed by atoms with E-state index in [1.165, 1.54) is 31.3 Å². The second-order valence-electron chi connectivity index (χ2n) is 3.47. The zero-order chi connectivity index (χ0) is 7.68. The maximum absolute atomic E-state index is 9.28. The number of aliphatic hydroxyl groups excluding tert-OH is 1. The minimum atomic E-state index is 0.589. The molecule has 0 spiro atoms. The molecule has 0 unspecified atom stereocenters. The summed E-state index contributed by atoms with van der Waals surface area (Å²) in [6, 6.07) is 0. The van der Waals surface area contributed by atoms with Crippen LogP contribution in [0.3, 0.4) is 0 Å². The summed E-state index contributed by atoms with van der Waals surface area (Å²) in [6.07, 6.45) is 9.10. The Bertz CT molecular complexity index is 223. The Morgan fingerprint density at radius 2 is 1.82 bits per heavy atom. The lowest BCUT2D eigenvalue weighted by Crippen LogP contribution is -2.03. The third-order valence-corrected chi connectivity index (χ3v) is 2.65. The van der Waals surface area contributed by atoms with E-state index < -0.39 is 0 Å². The zero-order valence-electron chi connectivity index (χ0n) is 6.77. The summed E-state index contributed by atoms with van der Waals surface area (Å²) in [5.74, 6) is 0.589. The molecule has 0 saturated carbocycles. The summed E-state index contributed by atoms with van der Waals surface area (Å²) in [7, 11) is 0. The molecule has 0 aromatic heterocycles. The number of hydrogen-bond donors (Lipinski definition) is 1. The van der Waals surface area contributed by atoms with Crippen LogP contribution in [0.1, 0.15) is 38.5 Å². The smallest absolute Gasteiger partial charge is 0.0928 e. The molecular formula is C10H14O. The first-order valence-electron chi connectivity index (χ1n) is 4.47. The molecule has 0 aromatic carbocycles. The van der Waals surface area contributed by atoms with Crippen LogP contribution in [0.15, 0.2) is 23.0 Å². The SMILES string of the molecule is OC1=CC2=C(CCCC2)CC1. The molecule has 0 atom stereocenters. The second kappa shape index (κ2) is 2.72. The monoisotopic (exact) mass is 150 g/mol. The summed E-state index contributed by atoms with van der Waals surface area (Å²) in [4.78, 5) is 0. The fraction of sp³-hybridized carbons (Fsp3) is 0.600. The number of rotatable bonds is 0. The Morgan fingerprint density at radius 3 is 2.73 bits per heavy atom. The third kappa shape index (κ3) is 1.32. The summed E-state index contributed by atoms with van der Waals surface area (Å²) >= 11 is 0. The molecule has 2 aliphatic rings. The molecule has 2 aliphatic carbocycles. The quantitative estimate of drug-likeness (QED) is 0.562. The van der Waals surface area contributed by atoms with Crippen LogP contribution >= 0.6 is 0 Å². The zero-order valence-corrected chi connectivity index (χ0v) is 6.77. The molecule has 60 valence electrons. The van der Waals surface area contributed by atoms with Crippen molar-refractivity contribution >= 4 is 0 Å². The Morgan fingerprint density at radius 1 is 1.00 bits per heavy atom. The van der Waals surface area contributed by atoms with E-state index in [9.17, 15) is 5.11 Å². The molecule has 0 aliphatic heterocycles. The Kier molecular flexibility index (Phi) is 1.72. The van der Waals surface area contributed by atoms with Crippen molar-refractivity contribution < 1.29 is 5.11 Å². The Balaban J connectivity index is 2.25. The highest BCUT2D eigenvalue weighted by atomic mass is 16.3. The van der Waals surface area contributed by atoms with Gasteiger partial charge in [0.25, 0.3) is 0 Å². The predicted octanol–water partition coefficient (Wildman–Crippen LogP) is 3.09. The number of hydrogen-bond acceptors (Lipinski definition) is 1. The first-order chi connectivity index (χ1) is 5.36. The topological polar surface area (TPSA) is 20.2 Å². The fourth-order valence-corrected chi connectivity index (χ4v) is 2.00. The maximum atomic E-state index is 9.28. The largest absolute Gasteiger partial charge is 0.512 e. The Hall–Kier alpha value is -0.720. The van der Waals surface area contributed by atoms with Crippen molar-refractivity contribution in [3.63, 3.8) is 0 Å². The van der Waals surface area contributed by atoms with Gasteiger partial charge in [0.2, 0.25) is 0 Å². The van der Waals surface area contributed by atoms with E-state index in [0.717, 1.165) is 12.8 Å². The highest BCUT2D eigenvalue weighted by Gasteiger charge is 2.15. The van der Waals surface area contributed by atoms with Crippen molar-refractivity contribution in [3.05, 3.63) is 23.0 Å². The van der Waals surface area contributed by atoms with Gasteiger partial charge < -0.3 is 5.11 Å². The third-order valence-electron chi connectivity index (χ3n) is 2.65. The van der Waals surface area contributed by atoms with Gasteiger partial charge in [-0.3, -0.25) is 0 Å². The summed E-state index contributed by atoms with van der Waals surface area (Å²) < 4.78 is 0.